The van der Waals surface area contributed by atoms with Crippen molar-refractivity contribution < 1.29 is 9.53 Å². The zero-order chi connectivity index (χ0) is 15.2. The number of hydrogen-bond donors (Lipinski definition) is 2. The first-order valence-corrected chi connectivity index (χ1v) is 6.99. The Labute approximate surface area is 124 Å². The summed E-state index contributed by atoms with van der Waals surface area (Å²) in [7, 11) is 0. The standard InChI is InChI=1S/C17H20N2O2/c1-3-21-16-10-6-13(7-11-16)12(2)19-17(20)14-4-8-15(18)9-5-14/h4-12H,3,18H2,1-2H3,(H,19,20). The summed E-state index contributed by atoms with van der Waals surface area (Å²) in [6.45, 7) is 4.54. The Morgan fingerprint density at radius 1 is 1.14 bits per heavy atom. The maximum Gasteiger partial charge on any atom is 0.251 e. The van der Waals surface area contributed by atoms with Crippen LogP contribution in [0.25, 0.3) is 0 Å². The summed E-state index contributed by atoms with van der Waals surface area (Å²) in [6, 6.07) is 14.5. The van der Waals surface area contributed by atoms with E-state index in [0.717, 1.165) is 11.3 Å². The van der Waals surface area contributed by atoms with Crippen LogP contribution in [0, 0.1) is 0 Å². The molecule has 4 nitrogen and oxygen atoms in total. The van der Waals surface area contributed by atoms with Gasteiger partial charge in [0.1, 0.15) is 5.75 Å². The van der Waals surface area contributed by atoms with E-state index in [1.807, 2.05) is 38.1 Å². The van der Waals surface area contributed by atoms with Crippen LogP contribution in [0.15, 0.2) is 48.5 Å². The average molecular weight is 284 g/mol. The van der Waals surface area contributed by atoms with Gasteiger partial charge in [0.15, 0.2) is 0 Å². The first-order valence-electron chi connectivity index (χ1n) is 6.99. The van der Waals surface area contributed by atoms with Crippen molar-refractivity contribution in [3.8, 4) is 5.75 Å². The monoisotopic (exact) mass is 284 g/mol. The minimum Gasteiger partial charge on any atom is -0.494 e. The molecule has 0 aromatic heterocycles. The van der Waals surface area contributed by atoms with Crippen molar-refractivity contribution >= 4 is 11.6 Å². The Hall–Kier alpha value is -2.49. The molecule has 0 aliphatic carbocycles. The largest absolute Gasteiger partial charge is 0.494 e. The number of nitrogens with one attached hydrogen (secondary N) is 1. The van der Waals surface area contributed by atoms with E-state index in [0.29, 0.717) is 17.9 Å². The Morgan fingerprint density at radius 3 is 2.33 bits per heavy atom. The Kier molecular flexibility index (Phi) is 4.82. The molecular formula is C17H20N2O2. The average Bonchev–Trinajstić information content (AvgIpc) is 2.49. The molecule has 21 heavy (non-hydrogen) atoms. The summed E-state index contributed by atoms with van der Waals surface area (Å²) in [4.78, 5) is 12.1. The Morgan fingerprint density at radius 2 is 1.76 bits per heavy atom. The maximum atomic E-state index is 12.1. The number of amides is 1. The zero-order valence-corrected chi connectivity index (χ0v) is 12.3. The van der Waals surface area contributed by atoms with Gasteiger partial charge in [-0.05, 0) is 55.8 Å². The van der Waals surface area contributed by atoms with Gasteiger partial charge in [0.25, 0.3) is 5.91 Å². The number of carbonyl (C=O) groups excluding carboxylic acids is 1. The number of carbonyl (C=O) groups is 1. The summed E-state index contributed by atoms with van der Waals surface area (Å²) in [5.74, 6) is 0.717. The lowest BCUT2D eigenvalue weighted by Crippen LogP contribution is -2.26. The lowest BCUT2D eigenvalue weighted by Gasteiger charge is -2.15. The van der Waals surface area contributed by atoms with E-state index >= 15 is 0 Å². The molecule has 0 saturated carbocycles. The van der Waals surface area contributed by atoms with Crippen LogP contribution in [-0.4, -0.2) is 12.5 Å². The zero-order valence-electron chi connectivity index (χ0n) is 12.3. The van der Waals surface area contributed by atoms with E-state index < -0.39 is 0 Å². The summed E-state index contributed by atoms with van der Waals surface area (Å²) in [5.41, 5.74) is 7.89. The smallest absolute Gasteiger partial charge is 0.251 e. The van der Waals surface area contributed by atoms with Gasteiger partial charge in [0, 0.05) is 11.3 Å². The first kappa shape index (κ1) is 14.9. The number of hydrogen-bond acceptors (Lipinski definition) is 3. The molecule has 0 heterocycles. The molecular weight excluding hydrogens is 264 g/mol. The van der Waals surface area contributed by atoms with Gasteiger partial charge < -0.3 is 15.8 Å². The fourth-order valence-corrected chi connectivity index (χ4v) is 2.02. The predicted molar refractivity (Wildman–Crippen MR) is 84.3 cm³/mol. The molecule has 110 valence electrons. The number of nitrogens with two attached hydrogens (primary N) is 1. The van der Waals surface area contributed by atoms with Crippen LogP contribution in [0.4, 0.5) is 5.69 Å². The molecule has 2 aromatic rings. The van der Waals surface area contributed by atoms with Gasteiger partial charge in [0.2, 0.25) is 0 Å². The van der Waals surface area contributed by atoms with Crippen LogP contribution in [0.2, 0.25) is 0 Å². The molecule has 0 fully saturated rings. The molecule has 0 spiro atoms. The minimum atomic E-state index is -0.114. The quantitative estimate of drug-likeness (QED) is 0.829. The highest BCUT2D eigenvalue weighted by atomic mass is 16.5. The fraction of sp³-hybridized carbons (Fsp3) is 0.235. The van der Waals surface area contributed by atoms with Crippen LogP contribution in [0.1, 0.15) is 35.8 Å². The topological polar surface area (TPSA) is 64.3 Å². The van der Waals surface area contributed by atoms with E-state index in [-0.39, 0.29) is 11.9 Å². The van der Waals surface area contributed by atoms with Gasteiger partial charge in [-0.2, -0.15) is 0 Å². The highest BCUT2D eigenvalue weighted by molar-refractivity contribution is 5.94. The predicted octanol–water partition coefficient (Wildman–Crippen LogP) is 3.16. The highest BCUT2D eigenvalue weighted by Gasteiger charge is 2.11. The number of benzene rings is 2. The van der Waals surface area contributed by atoms with Gasteiger partial charge in [-0.1, -0.05) is 12.1 Å². The van der Waals surface area contributed by atoms with Gasteiger partial charge >= 0.3 is 0 Å². The van der Waals surface area contributed by atoms with Crippen molar-refractivity contribution in [2.45, 2.75) is 19.9 Å². The second-order valence-corrected chi connectivity index (χ2v) is 4.82. The molecule has 0 aliphatic rings. The van der Waals surface area contributed by atoms with Crippen molar-refractivity contribution in [3.05, 3.63) is 59.7 Å². The molecule has 2 aromatic carbocycles. The van der Waals surface area contributed by atoms with Gasteiger partial charge in [-0.25, -0.2) is 0 Å². The SMILES string of the molecule is CCOc1ccc(C(C)NC(=O)c2ccc(N)cc2)cc1. The second-order valence-electron chi connectivity index (χ2n) is 4.82. The van der Waals surface area contributed by atoms with Crippen LogP contribution in [0.3, 0.4) is 0 Å². The third-order valence-corrected chi connectivity index (χ3v) is 3.21. The van der Waals surface area contributed by atoms with E-state index in [9.17, 15) is 4.79 Å². The summed E-state index contributed by atoms with van der Waals surface area (Å²) >= 11 is 0. The molecule has 1 amide bonds. The minimum absolute atomic E-state index is 0.0780. The summed E-state index contributed by atoms with van der Waals surface area (Å²) in [5, 5.41) is 2.96. The van der Waals surface area contributed by atoms with Crippen molar-refractivity contribution in [3.63, 3.8) is 0 Å². The van der Waals surface area contributed by atoms with E-state index in [1.165, 1.54) is 0 Å². The number of anilines is 1. The van der Waals surface area contributed by atoms with Crippen molar-refractivity contribution in [1.82, 2.24) is 5.32 Å². The molecule has 0 bridgehead atoms. The number of ether oxygens (including phenoxy) is 1. The maximum absolute atomic E-state index is 12.1. The van der Waals surface area contributed by atoms with E-state index in [1.54, 1.807) is 24.3 Å². The van der Waals surface area contributed by atoms with Crippen molar-refractivity contribution in [1.29, 1.82) is 0 Å². The lowest BCUT2D eigenvalue weighted by molar-refractivity contribution is 0.0940. The van der Waals surface area contributed by atoms with Gasteiger partial charge in [0.05, 0.1) is 12.6 Å². The van der Waals surface area contributed by atoms with Crippen molar-refractivity contribution in [2.24, 2.45) is 0 Å². The number of rotatable bonds is 5. The number of nitrogen functional groups attached to an aromatic ring is 1. The Bertz CT molecular complexity index is 591. The lowest BCUT2D eigenvalue weighted by atomic mass is 10.1. The summed E-state index contributed by atoms with van der Waals surface area (Å²) < 4.78 is 5.40. The molecule has 1 atom stereocenters. The van der Waals surface area contributed by atoms with Crippen LogP contribution in [-0.2, 0) is 0 Å². The molecule has 3 N–H and O–H groups in total. The van der Waals surface area contributed by atoms with Crippen LogP contribution >= 0.6 is 0 Å². The van der Waals surface area contributed by atoms with Gasteiger partial charge in [-0.3, -0.25) is 4.79 Å². The molecule has 2 rings (SSSR count). The third-order valence-electron chi connectivity index (χ3n) is 3.21. The Balaban J connectivity index is 2.01. The second kappa shape index (κ2) is 6.79. The molecule has 0 aliphatic heterocycles. The fourth-order valence-electron chi connectivity index (χ4n) is 2.02. The van der Waals surface area contributed by atoms with E-state index in [4.69, 9.17) is 10.5 Å². The van der Waals surface area contributed by atoms with Crippen molar-refractivity contribution in [2.75, 3.05) is 12.3 Å². The van der Waals surface area contributed by atoms with Crippen LogP contribution < -0.4 is 15.8 Å². The molecule has 0 radical (unpaired) electrons. The van der Waals surface area contributed by atoms with Crippen LogP contribution in [0.5, 0.6) is 5.75 Å². The molecule has 1 unspecified atom stereocenters. The highest BCUT2D eigenvalue weighted by Crippen LogP contribution is 2.18. The van der Waals surface area contributed by atoms with E-state index in [2.05, 4.69) is 5.32 Å². The van der Waals surface area contributed by atoms with Gasteiger partial charge in [-0.15, -0.1) is 0 Å². The summed E-state index contributed by atoms with van der Waals surface area (Å²) in [6.07, 6.45) is 0. The first-order chi connectivity index (χ1) is 10.1. The third kappa shape index (κ3) is 3.99. The molecule has 4 heteroatoms. The normalized spacial score (nSPS) is 11.7. The molecule has 0 saturated heterocycles.